The quantitative estimate of drug-likeness (QED) is 0.700. The molecule has 1 aromatic carbocycles. The highest BCUT2D eigenvalue weighted by Gasteiger charge is 2.45. The molecule has 0 bridgehead atoms. The number of carbonyl (C=O) groups excluding carboxylic acids is 2. The van der Waals surface area contributed by atoms with Crippen LogP contribution < -0.4 is 0 Å². The fraction of sp³-hybridized carbons (Fsp3) is 0.636. The van der Waals surface area contributed by atoms with Crippen molar-refractivity contribution in [3.05, 3.63) is 35.9 Å². The molecule has 2 atom stereocenters. The highest BCUT2D eigenvalue weighted by molar-refractivity contribution is 5.95. The van der Waals surface area contributed by atoms with Crippen LogP contribution in [0, 0.1) is 11.3 Å². The normalized spacial score (nSPS) is 21.2. The summed E-state index contributed by atoms with van der Waals surface area (Å²) in [7, 11) is 1.85. The van der Waals surface area contributed by atoms with Gasteiger partial charge in [-0.3, -0.25) is 9.59 Å². The molecule has 144 valence electrons. The Balaban J connectivity index is 2.24. The molecule has 1 aliphatic rings. The third-order valence-electron chi connectivity index (χ3n) is 5.24. The molecular weight excluding hydrogens is 324 g/mol. The van der Waals surface area contributed by atoms with Gasteiger partial charge in [0.25, 0.3) is 5.91 Å². The summed E-state index contributed by atoms with van der Waals surface area (Å²) in [5.74, 6) is 0.102. The summed E-state index contributed by atoms with van der Waals surface area (Å²) >= 11 is 0. The fourth-order valence-corrected chi connectivity index (χ4v) is 4.05. The van der Waals surface area contributed by atoms with Gasteiger partial charge in [-0.25, -0.2) is 0 Å². The molecule has 0 saturated carbocycles. The molecule has 1 fully saturated rings. The zero-order chi connectivity index (χ0) is 19.3. The van der Waals surface area contributed by atoms with Gasteiger partial charge in [-0.05, 0) is 18.6 Å². The second-order valence-corrected chi connectivity index (χ2v) is 8.56. The second-order valence-electron chi connectivity index (χ2n) is 8.56. The van der Waals surface area contributed by atoms with E-state index < -0.39 is 0 Å². The molecule has 1 saturated heterocycles. The van der Waals surface area contributed by atoms with Crippen LogP contribution in [0.1, 0.15) is 70.2 Å². The Morgan fingerprint density at radius 1 is 1.12 bits per heavy atom. The van der Waals surface area contributed by atoms with Gasteiger partial charge in [-0.1, -0.05) is 71.6 Å². The average Bonchev–Trinajstić information content (AvgIpc) is 2.60. The van der Waals surface area contributed by atoms with Crippen molar-refractivity contribution in [3.63, 3.8) is 0 Å². The number of nitrogens with zero attached hydrogens (tertiary/aromatic N) is 2. The third kappa shape index (κ3) is 4.66. The first-order chi connectivity index (χ1) is 12.3. The van der Waals surface area contributed by atoms with Gasteiger partial charge in [-0.15, -0.1) is 0 Å². The minimum Gasteiger partial charge on any atom is -0.324 e. The fourth-order valence-electron chi connectivity index (χ4n) is 4.05. The minimum absolute atomic E-state index is 0.0171. The summed E-state index contributed by atoms with van der Waals surface area (Å²) in [6.45, 7) is 8.98. The standard InChI is InChI=1S/C22H34N2O2/c1-6-7-8-10-15-18-16-24(20(26)17-13-11-9-12-14-17)21(22(2,3)4)23(5)19(18)25/h9,11-14,18,21H,6-8,10,15-16H2,1-5H3/t18-,21?/m0/s1. The number of carbonyl (C=O) groups is 2. The number of hydrogen-bond acceptors (Lipinski definition) is 2. The lowest BCUT2D eigenvalue weighted by atomic mass is 9.85. The number of benzene rings is 1. The lowest BCUT2D eigenvalue weighted by molar-refractivity contribution is -0.152. The van der Waals surface area contributed by atoms with Crippen LogP contribution in [-0.2, 0) is 4.79 Å². The Labute approximate surface area is 158 Å². The number of rotatable bonds is 6. The predicted octanol–water partition coefficient (Wildman–Crippen LogP) is 4.56. The van der Waals surface area contributed by atoms with Crippen LogP contribution in [0.2, 0.25) is 0 Å². The van der Waals surface area contributed by atoms with E-state index in [0.29, 0.717) is 12.1 Å². The smallest absolute Gasteiger partial charge is 0.255 e. The Kier molecular flexibility index (Phi) is 6.85. The summed E-state index contributed by atoms with van der Waals surface area (Å²) < 4.78 is 0. The van der Waals surface area contributed by atoms with Gasteiger partial charge in [-0.2, -0.15) is 0 Å². The van der Waals surface area contributed by atoms with E-state index in [1.807, 2.05) is 42.3 Å². The summed E-state index contributed by atoms with van der Waals surface area (Å²) in [4.78, 5) is 29.9. The van der Waals surface area contributed by atoms with E-state index in [1.165, 1.54) is 12.8 Å². The molecule has 1 aromatic rings. The van der Waals surface area contributed by atoms with Gasteiger partial charge in [0.2, 0.25) is 5.91 Å². The van der Waals surface area contributed by atoms with Crippen molar-refractivity contribution < 1.29 is 9.59 Å². The van der Waals surface area contributed by atoms with Gasteiger partial charge in [0, 0.05) is 24.6 Å². The highest BCUT2D eigenvalue weighted by Crippen LogP contribution is 2.34. The van der Waals surface area contributed by atoms with Crippen molar-refractivity contribution in [1.29, 1.82) is 0 Å². The number of amides is 2. The SMILES string of the molecule is CCCCCC[C@H]1CN(C(=O)c2ccccc2)C(C(C)(C)C)N(C)C1=O. The molecule has 2 amide bonds. The van der Waals surface area contributed by atoms with Crippen molar-refractivity contribution in [2.45, 2.75) is 66.0 Å². The molecule has 1 unspecified atom stereocenters. The first-order valence-corrected chi connectivity index (χ1v) is 9.90. The topological polar surface area (TPSA) is 40.6 Å². The van der Waals surface area contributed by atoms with Crippen LogP contribution >= 0.6 is 0 Å². The van der Waals surface area contributed by atoms with E-state index in [9.17, 15) is 9.59 Å². The van der Waals surface area contributed by atoms with E-state index in [-0.39, 0.29) is 29.3 Å². The zero-order valence-electron chi connectivity index (χ0n) is 17.0. The Morgan fingerprint density at radius 2 is 1.77 bits per heavy atom. The molecule has 26 heavy (non-hydrogen) atoms. The largest absolute Gasteiger partial charge is 0.324 e. The van der Waals surface area contributed by atoms with E-state index in [0.717, 1.165) is 19.3 Å². The summed E-state index contributed by atoms with van der Waals surface area (Å²) in [5, 5.41) is 0. The number of unbranched alkanes of at least 4 members (excludes halogenated alkanes) is 3. The first-order valence-electron chi connectivity index (χ1n) is 9.90. The maximum absolute atomic E-state index is 13.2. The van der Waals surface area contributed by atoms with Crippen LogP contribution in [0.5, 0.6) is 0 Å². The van der Waals surface area contributed by atoms with Crippen molar-refractivity contribution in [1.82, 2.24) is 9.80 Å². The molecule has 4 nitrogen and oxygen atoms in total. The predicted molar refractivity (Wildman–Crippen MR) is 106 cm³/mol. The molecule has 0 radical (unpaired) electrons. The van der Waals surface area contributed by atoms with Crippen molar-refractivity contribution in [2.75, 3.05) is 13.6 Å². The summed E-state index contributed by atoms with van der Waals surface area (Å²) in [6, 6.07) is 9.41. The van der Waals surface area contributed by atoms with Crippen LogP contribution in [0.15, 0.2) is 30.3 Å². The molecule has 2 rings (SSSR count). The van der Waals surface area contributed by atoms with Crippen LogP contribution in [-0.4, -0.2) is 41.4 Å². The monoisotopic (exact) mass is 358 g/mol. The lowest BCUT2D eigenvalue weighted by Crippen LogP contribution is -2.64. The van der Waals surface area contributed by atoms with Gasteiger partial charge in [0.15, 0.2) is 0 Å². The minimum atomic E-state index is -0.227. The molecule has 1 heterocycles. The molecular formula is C22H34N2O2. The van der Waals surface area contributed by atoms with Gasteiger partial charge < -0.3 is 9.80 Å². The van der Waals surface area contributed by atoms with Gasteiger partial charge in [0.05, 0.1) is 5.92 Å². The van der Waals surface area contributed by atoms with Crippen molar-refractivity contribution in [3.8, 4) is 0 Å². The Morgan fingerprint density at radius 3 is 2.35 bits per heavy atom. The molecule has 0 spiro atoms. The van der Waals surface area contributed by atoms with Crippen molar-refractivity contribution >= 4 is 11.8 Å². The Hall–Kier alpha value is -1.84. The Bertz CT molecular complexity index is 606. The molecule has 1 aliphatic heterocycles. The van der Waals surface area contributed by atoms with E-state index in [4.69, 9.17) is 0 Å². The maximum Gasteiger partial charge on any atom is 0.255 e. The molecule has 0 aliphatic carbocycles. The lowest BCUT2D eigenvalue weighted by Gasteiger charge is -2.50. The molecule has 4 heteroatoms. The van der Waals surface area contributed by atoms with Gasteiger partial charge >= 0.3 is 0 Å². The highest BCUT2D eigenvalue weighted by atomic mass is 16.2. The summed E-state index contributed by atoms with van der Waals surface area (Å²) in [6.07, 6.45) is 5.22. The average molecular weight is 359 g/mol. The molecule has 0 aromatic heterocycles. The summed E-state index contributed by atoms with van der Waals surface area (Å²) in [5.41, 5.74) is 0.483. The van der Waals surface area contributed by atoms with Crippen LogP contribution in [0.4, 0.5) is 0 Å². The van der Waals surface area contributed by atoms with Gasteiger partial charge in [0.1, 0.15) is 6.17 Å². The van der Waals surface area contributed by atoms with Crippen LogP contribution in [0.3, 0.4) is 0 Å². The van der Waals surface area contributed by atoms with Crippen LogP contribution in [0.25, 0.3) is 0 Å². The molecule has 0 N–H and O–H groups in total. The number of hydrogen-bond donors (Lipinski definition) is 0. The zero-order valence-corrected chi connectivity index (χ0v) is 17.0. The maximum atomic E-state index is 13.2. The van der Waals surface area contributed by atoms with E-state index >= 15 is 0 Å². The first kappa shape index (κ1) is 20.5. The van der Waals surface area contributed by atoms with E-state index in [2.05, 4.69) is 27.7 Å². The third-order valence-corrected chi connectivity index (χ3v) is 5.24. The van der Waals surface area contributed by atoms with Crippen molar-refractivity contribution in [2.24, 2.45) is 11.3 Å². The second kappa shape index (κ2) is 8.70. The van der Waals surface area contributed by atoms with E-state index in [1.54, 1.807) is 4.90 Å².